The van der Waals surface area contributed by atoms with Crippen molar-refractivity contribution >= 4 is 17.6 Å². The Morgan fingerprint density at radius 3 is 2.54 bits per heavy atom. The molecule has 0 heterocycles. The van der Waals surface area contributed by atoms with Crippen LogP contribution in [-0.2, 0) is 9.53 Å². The average molecular weight is 203 g/mol. The summed E-state index contributed by atoms with van der Waals surface area (Å²) in [5.74, 6) is 0.558. The monoisotopic (exact) mass is 202 g/mol. The Balaban J connectivity index is 1.97. The molecule has 0 aromatic rings. The van der Waals surface area contributed by atoms with Gasteiger partial charge >= 0.3 is 5.97 Å². The first kappa shape index (κ1) is 9.32. The van der Waals surface area contributed by atoms with Crippen molar-refractivity contribution in [2.45, 2.75) is 50.0 Å². The summed E-state index contributed by atoms with van der Waals surface area (Å²) in [5, 5.41) is -0.506. The fraction of sp³-hybridized carbons (Fsp3) is 0.900. The lowest BCUT2D eigenvalue weighted by Crippen LogP contribution is -2.32. The predicted molar refractivity (Wildman–Crippen MR) is 50.7 cm³/mol. The molecule has 3 heteroatoms. The summed E-state index contributed by atoms with van der Waals surface area (Å²) in [6, 6.07) is 0. The minimum absolute atomic E-state index is 0.120. The van der Waals surface area contributed by atoms with Crippen LogP contribution >= 0.6 is 11.6 Å². The topological polar surface area (TPSA) is 26.3 Å². The number of esters is 1. The van der Waals surface area contributed by atoms with E-state index in [1.807, 2.05) is 0 Å². The largest absolute Gasteiger partial charge is 0.458 e. The molecule has 2 nitrogen and oxygen atoms in total. The molecule has 2 saturated carbocycles. The summed E-state index contributed by atoms with van der Waals surface area (Å²) < 4.78 is 5.48. The molecule has 2 aliphatic rings. The second-order valence-corrected chi connectivity index (χ2v) is 5.02. The van der Waals surface area contributed by atoms with Crippen molar-refractivity contribution in [1.82, 2.24) is 0 Å². The van der Waals surface area contributed by atoms with Gasteiger partial charge in [0.25, 0.3) is 0 Å². The molecule has 1 unspecified atom stereocenters. The Bertz CT molecular complexity index is 217. The number of rotatable bonds is 2. The fourth-order valence-corrected chi connectivity index (χ4v) is 2.62. The third-order valence-corrected chi connectivity index (χ3v) is 3.50. The molecular weight excluding hydrogens is 188 g/mol. The number of alkyl halides is 1. The summed E-state index contributed by atoms with van der Waals surface area (Å²) in [6.07, 6.45) is 5.62. The summed E-state index contributed by atoms with van der Waals surface area (Å²) in [6.45, 7) is 1.67. The van der Waals surface area contributed by atoms with Gasteiger partial charge in [-0.2, -0.15) is 0 Å². The van der Waals surface area contributed by atoms with Crippen LogP contribution in [0.2, 0.25) is 0 Å². The smallest absolute Gasteiger partial charge is 0.324 e. The number of carbonyl (C=O) groups is 1. The van der Waals surface area contributed by atoms with Gasteiger partial charge in [0.2, 0.25) is 0 Å². The molecular formula is C10H15ClO2. The highest BCUT2D eigenvalue weighted by molar-refractivity contribution is 6.29. The van der Waals surface area contributed by atoms with Crippen LogP contribution in [0.3, 0.4) is 0 Å². The van der Waals surface area contributed by atoms with Crippen molar-refractivity contribution in [2.24, 2.45) is 5.92 Å². The minimum Gasteiger partial charge on any atom is -0.458 e. The van der Waals surface area contributed by atoms with Gasteiger partial charge in [-0.05, 0) is 44.9 Å². The number of hydrogen-bond acceptors (Lipinski definition) is 2. The van der Waals surface area contributed by atoms with Crippen LogP contribution in [0.15, 0.2) is 0 Å². The quantitative estimate of drug-likeness (QED) is 0.508. The van der Waals surface area contributed by atoms with E-state index in [9.17, 15) is 4.79 Å². The molecule has 0 radical (unpaired) electrons. The molecule has 0 spiro atoms. The number of hydrogen-bond donors (Lipinski definition) is 0. The highest BCUT2D eigenvalue weighted by Crippen LogP contribution is 2.50. The number of fused-ring (bicyclic) bond motifs is 2. The van der Waals surface area contributed by atoms with Gasteiger partial charge in [0.15, 0.2) is 0 Å². The SMILES string of the molecule is CC(Cl)C(=O)OC12CCC(CC1)C2. The summed E-state index contributed by atoms with van der Waals surface area (Å²) in [7, 11) is 0. The van der Waals surface area contributed by atoms with Gasteiger partial charge in [-0.3, -0.25) is 4.79 Å². The van der Waals surface area contributed by atoms with E-state index in [1.54, 1.807) is 6.92 Å². The first-order valence-corrected chi connectivity index (χ1v) is 5.42. The maximum Gasteiger partial charge on any atom is 0.324 e. The van der Waals surface area contributed by atoms with Crippen LogP contribution in [0, 0.1) is 5.92 Å². The van der Waals surface area contributed by atoms with E-state index in [0.29, 0.717) is 0 Å². The lowest BCUT2D eigenvalue weighted by Gasteiger charge is -2.27. The zero-order valence-corrected chi connectivity index (χ0v) is 8.64. The van der Waals surface area contributed by atoms with E-state index in [-0.39, 0.29) is 11.6 Å². The molecule has 2 fully saturated rings. The Hall–Kier alpha value is -0.240. The van der Waals surface area contributed by atoms with Gasteiger partial charge in [-0.1, -0.05) is 0 Å². The van der Waals surface area contributed by atoms with E-state index in [2.05, 4.69) is 0 Å². The van der Waals surface area contributed by atoms with Crippen molar-refractivity contribution < 1.29 is 9.53 Å². The number of ether oxygens (including phenoxy) is 1. The first-order valence-electron chi connectivity index (χ1n) is 4.98. The Labute approximate surface area is 83.6 Å². The van der Waals surface area contributed by atoms with Gasteiger partial charge in [0, 0.05) is 0 Å². The average Bonchev–Trinajstić information content (AvgIpc) is 2.62. The molecule has 0 aromatic heterocycles. The number of halogens is 1. The Kier molecular flexibility index (Phi) is 2.26. The van der Waals surface area contributed by atoms with E-state index in [0.717, 1.165) is 25.2 Å². The molecule has 0 N–H and O–H groups in total. The van der Waals surface area contributed by atoms with Crippen molar-refractivity contribution in [3.8, 4) is 0 Å². The zero-order valence-electron chi connectivity index (χ0n) is 7.88. The molecule has 2 bridgehead atoms. The molecule has 74 valence electrons. The zero-order chi connectivity index (χ0) is 9.47. The van der Waals surface area contributed by atoms with Crippen molar-refractivity contribution in [1.29, 1.82) is 0 Å². The lowest BCUT2D eigenvalue weighted by atomic mass is 9.97. The van der Waals surface area contributed by atoms with E-state index in [1.165, 1.54) is 12.8 Å². The third-order valence-electron chi connectivity index (χ3n) is 3.32. The predicted octanol–water partition coefficient (Wildman–Crippen LogP) is 2.49. The van der Waals surface area contributed by atoms with Crippen LogP contribution in [0.4, 0.5) is 0 Å². The molecule has 0 amide bonds. The first-order chi connectivity index (χ1) is 6.11. The third kappa shape index (κ3) is 1.69. The van der Waals surface area contributed by atoms with Crippen molar-refractivity contribution in [3.63, 3.8) is 0 Å². The van der Waals surface area contributed by atoms with E-state index < -0.39 is 5.38 Å². The van der Waals surface area contributed by atoms with Crippen LogP contribution < -0.4 is 0 Å². The lowest BCUT2D eigenvalue weighted by molar-refractivity contribution is -0.158. The van der Waals surface area contributed by atoms with Gasteiger partial charge in [0.05, 0.1) is 0 Å². The molecule has 0 aliphatic heterocycles. The van der Waals surface area contributed by atoms with Crippen molar-refractivity contribution in [2.75, 3.05) is 0 Å². The van der Waals surface area contributed by atoms with Crippen LogP contribution in [0.25, 0.3) is 0 Å². The highest BCUT2D eigenvalue weighted by Gasteiger charge is 2.48. The molecule has 2 aliphatic carbocycles. The summed E-state index contributed by atoms with van der Waals surface area (Å²) in [5.41, 5.74) is -0.120. The van der Waals surface area contributed by atoms with Gasteiger partial charge in [0.1, 0.15) is 11.0 Å². The molecule has 0 saturated heterocycles. The van der Waals surface area contributed by atoms with Crippen LogP contribution in [0.5, 0.6) is 0 Å². The van der Waals surface area contributed by atoms with Crippen LogP contribution in [-0.4, -0.2) is 16.9 Å². The minimum atomic E-state index is -0.506. The van der Waals surface area contributed by atoms with Crippen molar-refractivity contribution in [3.05, 3.63) is 0 Å². The molecule has 1 atom stereocenters. The molecule has 2 rings (SSSR count). The fourth-order valence-electron chi connectivity index (χ4n) is 2.58. The summed E-state index contributed by atoms with van der Waals surface area (Å²) in [4.78, 5) is 11.3. The maximum absolute atomic E-state index is 11.3. The van der Waals surface area contributed by atoms with E-state index in [4.69, 9.17) is 16.3 Å². The summed E-state index contributed by atoms with van der Waals surface area (Å²) >= 11 is 5.66. The Morgan fingerprint density at radius 2 is 2.15 bits per heavy atom. The molecule has 0 aromatic carbocycles. The standard InChI is InChI=1S/C10H15ClO2/c1-7(11)9(12)13-10-4-2-8(6-10)3-5-10/h7-8H,2-6H2,1H3. The molecule has 13 heavy (non-hydrogen) atoms. The second kappa shape index (κ2) is 3.16. The normalized spacial score (nSPS) is 39.1. The van der Waals surface area contributed by atoms with Gasteiger partial charge in [-0.15, -0.1) is 11.6 Å². The van der Waals surface area contributed by atoms with Crippen LogP contribution in [0.1, 0.15) is 39.0 Å². The van der Waals surface area contributed by atoms with Gasteiger partial charge in [-0.25, -0.2) is 0 Å². The van der Waals surface area contributed by atoms with Gasteiger partial charge < -0.3 is 4.74 Å². The second-order valence-electron chi connectivity index (χ2n) is 4.37. The maximum atomic E-state index is 11.3. The highest BCUT2D eigenvalue weighted by atomic mass is 35.5. The number of carbonyl (C=O) groups excluding carboxylic acids is 1. The Morgan fingerprint density at radius 1 is 1.54 bits per heavy atom. The van der Waals surface area contributed by atoms with E-state index >= 15 is 0 Å².